The molecular weight excluding hydrogens is 366 g/mol. The first-order valence-electron chi connectivity index (χ1n) is 10.4. The van der Waals surface area contributed by atoms with Crippen molar-refractivity contribution in [2.24, 2.45) is 0 Å². The fourth-order valence-corrected chi connectivity index (χ4v) is 3.96. The maximum atomic E-state index is 11.7. The maximum absolute atomic E-state index is 11.7. The van der Waals surface area contributed by atoms with Gasteiger partial charge < -0.3 is 20.9 Å². The van der Waals surface area contributed by atoms with Crippen molar-refractivity contribution in [3.8, 4) is 0 Å². The highest BCUT2D eigenvalue weighted by Crippen LogP contribution is 2.29. The zero-order chi connectivity index (χ0) is 20.0. The highest BCUT2D eigenvalue weighted by molar-refractivity contribution is 5.89. The van der Waals surface area contributed by atoms with Gasteiger partial charge in [-0.3, -0.25) is 4.79 Å². The van der Waals surface area contributed by atoms with Gasteiger partial charge in [-0.05, 0) is 57.5 Å². The lowest BCUT2D eigenvalue weighted by Crippen LogP contribution is -2.36. The van der Waals surface area contributed by atoms with Crippen LogP contribution in [-0.2, 0) is 4.79 Å². The predicted molar refractivity (Wildman–Crippen MR) is 114 cm³/mol. The minimum Gasteiger partial charge on any atom is -0.367 e. The van der Waals surface area contributed by atoms with Crippen molar-refractivity contribution in [3.63, 3.8) is 0 Å². The average Bonchev–Trinajstić information content (AvgIpc) is 3.33. The summed E-state index contributed by atoms with van der Waals surface area (Å²) in [5.74, 6) is 1.80. The minimum absolute atomic E-state index is 0.0219. The summed E-state index contributed by atoms with van der Waals surface area (Å²) in [6.07, 6.45) is 8.72. The normalized spacial score (nSPS) is 22.4. The smallest absolute Gasteiger partial charge is 0.228 e. The molecule has 5 rings (SSSR count). The minimum atomic E-state index is -0.0219. The number of amides is 1. The zero-order valence-corrected chi connectivity index (χ0v) is 16.7. The lowest BCUT2D eigenvalue weighted by Gasteiger charge is -2.29. The van der Waals surface area contributed by atoms with E-state index in [0.29, 0.717) is 24.2 Å². The molecule has 29 heavy (non-hydrogen) atoms. The molecule has 8 nitrogen and oxygen atoms in total. The van der Waals surface area contributed by atoms with Crippen molar-refractivity contribution in [2.45, 2.75) is 44.2 Å². The van der Waals surface area contributed by atoms with Crippen molar-refractivity contribution in [3.05, 3.63) is 35.7 Å². The molecule has 152 valence electrons. The Bertz CT molecular complexity index is 996. The molecule has 1 amide bonds. The summed E-state index contributed by atoms with van der Waals surface area (Å²) in [5.41, 5.74) is 3.22. The number of fused-ring (bicyclic) bond motifs is 1. The highest BCUT2D eigenvalue weighted by atomic mass is 16.1. The number of piperidine rings is 1. The van der Waals surface area contributed by atoms with Gasteiger partial charge in [-0.1, -0.05) is 6.58 Å². The van der Waals surface area contributed by atoms with E-state index in [0.717, 1.165) is 54.4 Å². The van der Waals surface area contributed by atoms with Gasteiger partial charge in [0, 0.05) is 29.4 Å². The van der Waals surface area contributed by atoms with Gasteiger partial charge in [-0.2, -0.15) is 9.61 Å². The van der Waals surface area contributed by atoms with Crippen molar-refractivity contribution < 1.29 is 4.79 Å². The second-order valence-corrected chi connectivity index (χ2v) is 8.38. The fraction of sp³-hybridized carbons (Fsp3) is 0.476. The second kappa shape index (κ2) is 7.18. The van der Waals surface area contributed by atoms with Crippen LogP contribution in [0, 0.1) is 0 Å². The molecule has 0 unspecified atom stereocenters. The van der Waals surface area contributed by atoms with Gasteiger partial charge in [0.2, 0.25) is 5.91 Å². The van der Waals surface area contributed by atoms with Crippen molar-refractivity contribution in [1.29, 1.82) is 0 Å². The third kappa shape index (κ3) is 3.85. The Morgan fingerprint density at radius 3 is 2.66 bits per heavy atom. The van der Waals surface area contributed by atoms with Crippen LogP contribution in [0.25, 0.3) is 11.7 Å². The molecular formula is C21H27N7O. The first-order chi connectivity index (χ1) is 14.0. The number of carbonyl (C=O) groups is 1. The van der Waals surface area contributed by atoms with Gasteiger partial charge in [0.25, 0.3) is 0 Å². The number of nitrogens with zero attached hydrogens (tertiary/aromatic N) is 4. The van der Waals surface area contributed by atoms with Gasteiger partial charge >= 0.3 is 0 Å². The van der Waals surface area contributed by atoms with Crippen LogP contribution in [0.15, 0.2) is 30.1 Å². The Morgan fingerprint density at radius 1 is 1.21 bits per heavy atom. The van der Waals surface area contributed by atoms with Crippen LogP contribution in [0.5, 0.6) is 0 Å². The standard InChI is InChI=1S/C21H27N7O/c1-13-14(10-20(29)23-13)9-15-12-22-28-19(25-16-3-4-16)11-18(26-21(15)28)24-17-5-7-27(2)8-6-17/h9,11-12,16-17,25H,1,3-8,10H2,2H3,(H,23,29)(H,24,26)/b14-9+. The Hall–Kier alpha value is -2.87. The van der Waals surface area contributed by atoms with Crippen LogP contribution >= 0.6 is 0 Å². The number of nitrogens with one attached hydrogen (secondary N) is 3. The monoisotopic (exact) mass is 393 g/mol. The van der Waals surface area contributed by atoms with Crippen molar-refractivity contribution in [1.82, 2.24) is 24.8 Å². The van der Waals surface area contributed by atoms with Crippen molar-refractivity contribution in [2.75, 3.05) is 30.8 Å². The summed E-state index contributed by atoms with van der Waals surface area (Å²) in [6.45, 7) is 6.13. The number of aromatic nitrogens is 3. The summed E-state index contributed by atoms with van der Waals surface area (Å²) in [4.78, 5) is 18.9. The molecule has 4 heterocycles. The van der Waals surface area contributed by atoms with E-state index >= 15 is 0 Å². The third-order valence-corrected chi connectivity index (χ3v) is 5.86. The summed E-state index contributed by atoms with van der Waals surface area (Å²) in [5, 5.41) is 14.5. The summed E-state index contributed by atoms with van der Waals surface area (Å²) in [6, 6.07) is 3.00. The van der Waals surface area contributed by atoms with Gasteiger partial charge in [0.05, 0.1) is 12.6 Å². The summed E-state index contributed by atoms with van der Waals surface area (Å²) >= 11 is 0. The SMILES string of the molecule is C=C1NC(=O)C/C1=C\c1cnn2c(NC3CC3)cc(NC3CCN(C)CC3)nc12. The molecule has 1 aliphatic carbocycles. The van der Waals surface area contributed by atoms with Gasteiger partial charge in [-0.15, -0.1) is 0 Å². The van der Waals surface area contributed by atoms with Crippen LogP contribution in [-0.4, -0.2) is 57.6 Å². The topological polar surface area (TPSA) is 86.6 Å². The molecule has 2 aromatic heterocycles. The van der Waals surface area contributed by atoms with Gasteiger partial charge in [0.15, 0.2) is 5.65 Å². The molecule has 2 aliphatic heterocycles. The Balaban J connectivity index is 1.49. The lowest BCUT2D eigenvalue weighted by atomic mass is 10.1. The van der Waals surface area contributed by atoms with E-state index in [1.54, 1.807) is 0 Å². The third-order valence-electron chi connectivity index (χ3n) is 5.86. The Kier molecular flexibility index (Phi) is 4.50. The fourth-order valence-electron chi connectivity index (χ4n) is 3.96. The number of anilines is 2. The van der Waals surface area contributed by atoms with Gasteiger partial charge in [-0.25, -0.2) is 4.98 Å². The molecule has 0 atom stereocenters. The van der Waals surface area contributed by atoms with Crippen LogP contribution in [0.1, 0.15) is 37.7 Å². The number of allylic oxidation sites excluding steroid dienone is 1. The molecule has 0 aromatic carbocycles. The second-order valence-electron chi connectivity index (χ2n) is 8.38. The van der Waals surface area contributed by atoms with E-state index < -0.39 is 0 Å². The van der Waals surface area contributed by atoms with Crippen LogP contribution in [0.4, 0.5) is 11.6 Å². The molecule has 3 N–H and O–H groups in total. The molecule has 0 bridgehead atoms. The number of hydrogen-bond acceptors (Lipinski definition) is 6. The Labute approximate surface area is 170 Å². The number of rotatable bonds is 5. The largest absolute Gasteiger partial charge is 0.367 e. The summed E-state index contributed by atoms with van der Waals surface area (Å²) < 4.78 is 1.86. The molecule has 0 spiro atoms. The summed E-state index contributed by atoms with van der Waals surface area (Å²) in [7, 11) is 2.17. The molecule has 2 aromatic rings. The molecule has 1 saturated carbocycles. The first-order valence-corrected chi connectivity index (χ1v) is 10.4. The van der Waals surface area contributed by atoms with Crippen LogP contribution in [0.2, 0.25) is 0 Å². The van der Waals surface area contributed by atoms with Crippen molar-refractivity contribution >= 4 is 29.3 Å². The van der Waals surface area contributed by atoms with Crippen LogP contribution < -0.4 is 16.0 Å². The molecule has 0 radical (unpaired) electrons. The average molecular weight is 393 g/mol. The van der Waals surface area contributed by atoms with E-state index in [-0.39, 0.29) is 5.91 Å². The highest BCUT2D eigenvalue weighted by Gasteiger charge is 2.24. The molecule has 3 fully saturated rings. The van der Waals surface area contributed by atoms with E-state index in [1.165, 1.54) is 12.8 Å². The molecule has 2 saturated heterocycles. The molecule has 8 heteroatoms. The predicted octanol–water partition coefficient (Wildman–Crippen LogP) is 2.23. The quantitative estimate of drug-likeness (QED) is 0.722. The zero-order valence-electron chi connectivity index (χ0n) is 16.7. The van der Waals surface area contributed by atoms with E-state index in [4.69, 9.17) is 4.98 Å². The van der Waals surface area contributed by atoms with E-state index in [1.807, 2.05) is 16.8 Å². The van der Waals surface area contributed by atoms with Crippen LogP contribution in [0.3, 0.4) is 0 Å². The lowest BCUT2D eigenvalue weighted by molar-refractivity contribution is -0.118. The first kappa shape index (κ1) is 18.2. The number of carbonyl (C=O) groups excluding carboxylic acids is 1. The molecule has 3 aliphatic rings. The van der Waals surface area contributed by atoms with E-state index in [2.05, 4.69) is 45.6 Å². The number of hydrogen-bond donors (Lipinski definition) is 3. The number of likely N-dealkylation sites (tertiary alicyclic amines) is 1. The van der Waals surface area contributed by atoms with Gasteiger partial charge in [0.1, 0.15) is 11.6 Å². The maximum Gasteiger partial charge on any atom is 0.228 e. The van der Waals surface area contributed by atoms with E-state index in [9.17, 15) is 4.79 Å². The Morgan fingerprint density at radius 2 is 1.97 bits per heavy atom.